The van der Waals surface area contributed by atoms with Crippen LogP contribution in [-0.4, -0.2) is 5.75 Å². The Labute approximate surface area is 96.8 Å². The van der Waals surface area contributed by atoms with Gasteiger partial charge in [0.15, 0.2) is 0 Å². The molecule has 0 spiro atoms. The molecular formula is C14H18S. The third-order valence-electron chi connectivity index (χ3n) is 3.02. The molecule has 0 N–H and O–H groups in total. The molecule has 15 heavy (non-hydrogen) atoms. The van der Waals surface area contributed by atoms with Gasteiger partial charge in [-0.1, -0.05) is 51.1 Å². The molecule has 0 amide bonds. The van der Waals surface area contributed by atoms with Crippen molar-refractivity contribution in [3.63, 3.8) is 0 Å². The fourth-order valence-corrected chi connectivity index (χ4v) is 2.99. The van der Waals surface area contributed by atoms with Gasteiger partial charge in [0.2, 0.25) is 0 Å². The van der Waals surface area contributed by atoms with Crippen molar-refractivity contribution in [2.75, 3.05) is 5.75 Å². The van der Waals surface area contributed by atoms with Crippen molar-refractivity contribution in [3.05, 3.63) is 41.5 Å². The van der Waals surface area contributed by atoms with E-state index in [-0.39, 0.29) is 0 Å². The van der Waals surface area contributed by atoms with Crippen molar-refractivity contribution in [1.29, 1.82) is 0 Å². The van der Waals surface area contributed by atoms with Crippen molar-refractivity contribution in [2.45, 2.75) is 32.6 Å². The highest BCUT2D eigenvalue weighted by atomic mass is 32.2. The van der Waals surface area contributed by atoms with E-state index in [2.05, 4.69) is 51.1 Å². The highest BCUT2D eigenvalue weighted by Crippen LogP contribution is 2.42. The molecule has 0 saturated heterocycles. The molecule has 0 atom stereocenters. The number of allylic oxidation sites excluding steroid dienone is 1. The van der Waals surface area contributed by atoms with E-state index in [0.717, 1.165) is 12.2 Å². The van der Waals surface area contributed by atoms with Gasteiger partial charge in [0.25, 0.3) is 0 Å². The van der Waals surface area contributed by atoms with Crippen LogP contribution >= 0.6 is 11.8 Å². The van der Waals surface area contributed by atoms with Gasteiger partial charge < -0.3 is 0 Å². The lowest BCUT2D eigenvalue weighted by molar-refractivity contribution is 0.528. The van der Waals surface area contributed by atoms with Gasteiger partial charge in [-0.25, -0.2) is 0 Å². The molecular weight excluding hydrogens is 200 g/mol. The van der Waals surface area contributed by atoms with E-state index in [4.69, 9.17) is 0 Å². The molecule has 0 nitrogen and oxygen atoms in total. The third-order valence-corrected chi connectivity index (χ3v) is 4.01. The van der Waals surface area contributed by atoms with Gasteiger partial charge in [-0.3, -0.25) is 0 Å². The first-order valence-corrected chi connectivity index (χ1v) is 6.56. The molecule has 0 aromatic heterocycles. The van der Waals surface area contributed by atoms with Gasteiger partial charge in [0.05, 0.1) is 0 Å². The van der Waals surface area contributed by atoms with Crippen molar-refractivity contribution >= 4 is 16.7 Å². The van der Waals surface area contributed by atoms with Gasteiger partial charge in [-0.2, -0.15) is 0 Å². The first kappa shape index (κ1) is 10.8. The van der Waals surface area contributed by atoms with Gasteiger partial charge in [-0.15, -0.1) is 11.8 Å². The van der Waals surface area contributed by atoms with Gasteiger partial charge in [0.1, 0.15) is 0 Å². The Hall–Kier alpha value is -0.690. The zero-order chi connectivity index (χ0) is 10.9. The summed E-state index contributed by atoms with van der Waals surface area (Å²) < 4.78 is 0. The number of hydrogen-bond acceptors (Lipinski definition) is 1. The molecule has 1 aromatic rings. The van der Waals surface area contributed by atoms with Gasteiger partial charge in [0, 0.05) is 4.91 Å². The highest BCUT2D eigenvalue weighted by molar-refractivity contribution is 8.08. The summed E-state index contributed by atoms with van der Waals surface area (Å²) in [5.41, 5.74) is 3.25. The van der Waals surface area contributed by atoms with Crippen molar-refractivity contribution in [1.82, 2.24) is 0 Å². The average Bonchev–Trinajstić information content (AvgIpc) is 2.23. The molecule has 0 unspecified atom stereocenters. The Balaban J connectivity index is 2.48. The Bertz CT molecular complexity index is 388. The minimum absolute atomic E-state index is 0.300. The molecule has 1 aliphatic rings. The van der Waals surface area contributed by atoms with Gasteiger partial charge in [-0.05, 0) is 28.7 Å². The first-order chi connectivity index (χ1) is 7.15. The summed E-state index contributed by atoms with van der Waals surface area (Å²) in [4.78, 5) is 1.47. The van der Waals surface area contributed by atoms with E-state index < -0.39 is 0 Å². The van der Waals surface area contributed by atoms with Gasteiger partial charge >= 0.3 is 0 Å². The van der Waals surface area contributed by atoms with Crippen molar-refractivity contribution < 1.29 is 0 Å². The summed E-state index contributed by atoms with van der Waals surface area (Å²) in [6.45, 7) is 6.87. The van der Waals surface area contributed by atoms with E-state index in [1.807, 2.05) is 11.8 Å². The first-order valence-electron chi connectivity index (χ1n) is 5.58. The van der Waals surface area contributed by atoms with Crippen LogP contribution in [0.2, 0.25) is 0 Å². The fraction of sp³-hybridized carbons (Fsp3) is 0.429. The standard InChI is InChI=1S/C14H18S/c1-4-15-13-9-10-14(2,3)12-8-6-5-7-11(12)13/h5-9H,4,10H2,1-3H3. The van der Waals surface area contributed by atoms with Crippen LogP contribution in [0.3, 0.4) is 0 Å². The molecule has 1 aromatic carbocycles. The van der Waals surface area contributed by atoms with Crippen LogP contribution in [0.5, 0.6) is 0 Å². The third kappa shape index (κ3) is 1.98. The Morgan fingerprint density at radius 2 is 2.00 bits per heavy atom. The molecule has 0 heterocycles. The van der Waals surface area contributed by atoms with E-state index in [0.29, 0.717) is 5.41 Å². The zero-order valence-electron chi connectivity index (χ0n) is 9.71. The lowest BCUT2D eigenvalue weighted by Crippen LogP contribution is -2.20. The average molecular weight is 218 g/mol. The molecule has 2 rings (SSSR count). The van der Waals surface area contributed by atoms with E-state index in [9.17, 15) is 0 Å². The summed E-state index contributed by atoms with van der Waals surface area (Å²) >= 11 is 1.96. The normalized spacial score (nSPS) is 18.2. The van der Waals surface area contributed by atoms with Crippen LogP contribution in [0, 0.1) is 0 Å². The quantitative estimate of drug-likeness (QED) is 0.706. The summed E-state index contributed by atoms with van der Waals surface area (Å²) in [5, 5.41) is 0. The molecule has 0 bridgehead atoms. The Kier molecular flexibility index (Phi) is 2.92. The van der Waals surface area contributed by atoms with E-state index in [1.165, 1.54) is 16.0 Å². The Morgan fingerprint density at radius 1 is 1.27 bits per heavy atom. The predicted molar refractivity (Wildman–Crippen MR) is 70.2 cm³/mol. The second-order valence-electron chi connectivity index (χ2n) is 4.63. The number of rotatable bonds is 2. The van der Waals surface area contributed by atoms with Crippen molar-refractivity contribution in [2.24, 2.45) is 0 Å². The van der Waals surface area contributed by atoms with Crippen LogP contribution < -0.4 is 0 Å². The molecule has 1 aliphatic carbocycles. The fourth-order valence-electron chi connectivity index (χ4n) is 2.15. The predicted octanol–water partition coefficient (Wildman–Crippen LogP) is 4.46. The minimum Gasteiger partial charge on any atom is -0.126 e. The summed E-state index contributed by atoms with van der Waals surface area (Å²) in [6.07, 6.45) is 3.56. The number of thioether (sulfide) groups is 1. The summed E-state index contributed by atoms with van der Waals surface area (Å²) in [5.74, 6) is 1.15. The second-order valence-corrected chi connectivity index (χ2v) is 5.94. The molecule has 80 valence electrons. The summed E-state index contributed by atoms with van der Waals surface area (Å²) in [7, 11) is 0. The lowest BCUT2D eigenvalue weighted by atomic mass is 9.76. The molecule has 0 saturated carbocycles. The smallest absolute Gasteiger partial charge is 0.0108 e. The van der Waals surface area contributed by atoms with E-state index >= 15 is 0 Å². The number of hydrogen-bond donors (Lipinski definition) is 0. The Morgan fingerprint density at radius 3 is 2.73 bits per heavy atom. The molecule has 1 heteroatoms. The monoisotopic (exact) mass is 218 g/mol. The topological polar surface area (TPSA) is 0 Å². The largest absolute Gasteiger partial charge is 0.126 e. The molecule has 0 fully saturated rings. The molecule has 0 radical (unpaired) electrons. The highest BCUT2D eigenvalue weighted by Gasteiger charge is 2.27. The van der Waals surface area contributed by atoms with Crippen LogP contribution in [0.1, 0.15) is 38.3 Å². The second kappa shape index (κ2) is 4.05. The lowest BCUT2D eigenvalue weighted by Gasteiger charge is -2.31. The van der Waals surface area contributed by atoms with E-state index in [1.54, 1.807) is 0 Å². The van der Waals surface area contributed by atoms with Crippen molar-refractivity contribution in [3.8, 4) is 0 Å². The van der Waals surface area contributed by atoms with Crippen LogP contribution in [0.15, 0.2) is 30.3 Å². The number of benzene rings is 1. The SMILES string of the molecule is CCSC1=CCC(C)(C)c2ccccc21. The number of fused-ring (bicyclic) bond motifs is 1. The van der Waals surface area contributed by atoms with Crippen LogP contribution in [-0.2, 0) is 5.41 Å². The van der Waals surface area contributed by atoms with Crippen LogP contribution in [0.25, 0.3) is 4.91 Å². The maximum Gasteiger partial charge on any atom is 0.0108 e. The minimum atomic E-state index is 0.300. The molecule has 0 aliphatic heterocycles. The maximum atomic E-state index is 2.40. The zero-order valence-corrected chi connectivity index (χ0v) is 10.5. The maximum absolute atomic E-state index is 2.40. The van der Waals surface area contributed by atoms with Crippen LogP contribution in [0.4, 0.5) is 0 Å². The summed E-state index contributed by atoms with van der Waals surface area (Å²) in [6, 6.07) is 8.83.